The number of nitrogens with zero attached hydrogens (tertiary/aromatic N) is 1. The molecular weight excluding hydrogens is 271 g/mol. The Bertz CT molecular complexity index is 471. The zero-order valence-corrected chi connectivity index (χ0v) is 12.7. The molecule has 5 nitrogen and oxygen atoms in total. The van der Waals surface area contributed by atoms with Gasteiger partial charge in [0.2, 0.25) is 5.91 Å². The maximum Gasteiger partial charge on any atom is 0.246 e. The fourth-order valence-electron chi connectivity index (χ4n) is 1.53. The molecule has 1 amide bonds. The molecule has 0 aliphatic rings. The minimum absolute atomic E-state index is 0.00477. The highest BCUT2D eigenvalue weighted by Crippen LogP contribution is 2.07. The fraction of sp³-hybridized carbons (Fsp3) is 0.467. The molecule has 0 atom stereocenters. The summed E-state index contributed by atoms with van der Waals surface area (Å²) < 4.78 is 12.8. The second kappa shape index (κ2) is 8.94. The van der Waals surface area contributed by atoms with Crippen molar-refractivity contribution in [3.63, 3.8) is 0 Å². The Morgan fingerprint density at radius 2 is 1.90 bits per heavy atom. The third kappa shape index (κ3) is 7.29. The maximum absolute atomic E-state index is 12.8. The van der Waals surface area contributed by atoms with Gasteiger partial charge < -0.3 is 16.0 Å². The summed E-state index contributed by atoms with van der Waals surface area (Å²) >= 11 is 0. The molecule has 0 unspecified atom stereocenters. The van der Waals surface area contributed by atoms with Crippen LogP contribution in [-0.4, -0.2) is 31.5 Å². The van der Waals surface area contributed by atoms with Crippen LogP contribution in [0.1, 0.15) is 20.8 Å². The van der Waals surface area contributed by atoms with E-state index in [1.165, 1.54) is 24.3 Å². The summed E-state index contributed by atoms with van der Waals surface area (Å²) in [6.07, 6.45) is 0. The predicted molar refractivity (Wildman–Crippen MR) is 83.8 cm³/mol. The number of hydrogen-bond acceptors (Lipinski definition) is 2. The number of aliphatic imine (C=N–C) groups is 1. The smallest absolute Gasteiger partial charge is 0.246 e. The summed E-state index contributed by atoms with van der Waals surface area (Å²) in [6, 6.07) is 5.62. The number of carbonyl (C=O) groups is 1. The van der Waals surface area contributed by atoms with Gasteiger partial charge in [0.05, 0.1) is 0 Å². The van der Waals surface area contributed by atoms with Crippen LogP contribution in [-0.2, 0) is 4.79 Å². The van der Waals surface area contributed by atoms with E-state index in [4.69, 9.17) is 0 Å². The number of hydrogen-bond donors (Lipinski definition) is 3. The molecule has 1 rings (SSSR count). The number of halogens is 1. The molecule has 1 aromatic carbocycles. The van der Waals surface area contributed by atoms with E-state index in [0.29, 0.717) is 17.6 Å². The van der Waals surface area contributed by atoms with Gasteiger partial charge in [0, 0.05) is 18.8 Å². The number of anilines is 1. The summed E-state index contributed by atoms with van der Waals surface area (Å²) in [4.78, 5) is 16.0. The predicted octanol–water partition coefficient (Wildman–Crippen LogP) is 1.98. The standard InChI is InChI=1S/C15H23FN4O/c1-4-17-15(18-9-11(2)3)19-10-14(21)20-13-7-5-12(16)6-8-13/h5-8,11H,4,9-10H2,1-3H3,(H,20,21)(H2,17,18,19). The van der Waals surface area contributed by atoms with E-state index in [2.05, 4.69) is 34.8 Å². The highest BCUT2D eigenvalue weighted by atomic mass is 19.1. The lowest BCUT2D eigenvalue weighted by atomic mass is 10.2. The van der Waals surface area contributed by atoms with Crippen molar-refractivity contribution in [2.24, 2.45) is 10.9 Å². The molecule has 0 heterocycles. The number of guanidine groups is 1. The number of benzene rings is 1. The van der Waals surface area contributed by atoms with Gasteiger partial charge in [0.25, 0.3) is 0 Å². The minimum Gasteiger partial charge on any atom is -0.357 e. The Labute approximate surface area is 125 Å². The van der Waals surface area contributed by atoms with Crippen LogP contribution >= 0.6 is 0 Å². The number of nitrogens with one attached hydrogen (secondary N) is 3. The lowest BCUT2D eigenvalue weighted by molar-refractivity contribution is -0.114. The van der Waals surface area contributed by atoms with Gasteiger partial charge in [0.15, 0.2) is 5.96 Å². The Balaban J connectivity index is 2.50. The lowest BCUT2D eigenvalue weighted by Crippen LogP contribution is -2.39. The fourth-order valence-corrected chi connectivity index (χ4v) is 1.53. The molecule has 0 saturated heterocycles. The van der Waals surface area contributed by atoms with Crippen molar-refractivity contribution in [1.29, 1.82) is 0 Å². The van der Waals surface area contributed by atoms with Crippen molar-refractivity contribution in [3.05, 3.63) is 30.1 Å². The Morgan fingerprint density at radius 1 is 1.24 bits per heavy atom. The van der Waals surface area contributed by atoms with E-state index >= 15 is 0 Å². The first-order valence-corrected chi connectivity index (χ1v) is 7.09. The molecule has 0 saturated carbocycles. The largest absolute Gasteiger partial charge is 0.357 e. The molecule has 21 heavy (non-hydrogen) atoms. The second-order valence-corrected chi connectivity index (χ2v) is 5.02. The Hall–Kier alpha value is -2.11. The number of amides is 1. The van der Waals surface area contributed by atoms with Crippen LogP contribution in [0.2, 0.25) is 0 Å². The molecule has 0 bridgehead atoms. The van der Waals surface area contributed by atoms with E-state index in [9.17, 15) is 9.18 Å². The van der Waals surface area contributed by atoms with Gasteiger partial charge in [-0.1, -0.05) is 13.8 Å². The normalized spacial score (nSPS) is 11.4. The van der Waals surface area contributed by atoms with Crippen LogP contribution in [0.3, 0.4) is 0 Å². The molecule has 6 heteroatoms. The number of rotatable bonds is 6. The molecule has 0 fully saturated rings. The summed E-state index contributed by atoms with van der Waals surface area (Å²) in [7, 11) is 0. The van der Waals surface area contributed by atoms with Crippen molar-refractivity contribution >= 4 is 17.6 Å². The van der Waals surface area contributed by atoms with E-state index in [-0.39, 0.29) is 18.3 Å². The van der Waals surface area contributed by atoms with Crippen molar-refractivity contribution in [1.82, 2.24) is 10.6 Å². The summed E-state index contributed by atoms with van der Waals surface area (Å²) in [5.74, 6) is 0.518. The van der Waals surface area contributed by atoms with Crippen LogP contribution in [0, 0.1) is 11.7 Å². The highest BCUT2D eigenvalue weighted by Gasteiger charge is 2.04. The molecule has 1 aromatic rings. The first-order valence-electron chi connectivity index (χ1n) is 7.09. The summed E-state index contributed by atoms with van der Waals surface area (Å²) in [6.45, 7) is 7.67. The third-order valence-electron chi connectivity index (χ3n) is 2.53. The molecule has 0 radical (unpaired) electrons. The van der Waals surface area contributed by atoms with Gasteiger partial charge in [-0.05, 0) is 37.1 Å². The summed E-state index contributed by atoms with van der Waals surface area (Å²) in [5.41, 5.74) is 0.553. The van der Waals surface area contributed by atoms with E-state index in [1.807, 2.05) is 6.92 Å². The van der Waals surface area contributed by atoms with Crippen molar-refractivity contribution < 1.29 is 9.18 Å². The van der Waals surface area contributed by atoms with Crippen molar-refractivity contribution in [3.8, 4) is 0 Å². The van der Waals surface area contributed by atoms with Crippen LogP contribution in [0.4, 0.5) is 10.1 Å². The minimum atomic E-state index is -0.335. The zero-order valence-electron chi connectivity index (χ0n) is 12.7. The molecule has 3 N–H and O–H groups in total. The number of carbonyl (C=O) groups excluding carboxylic acids is 1. The van der Waals surface area contributed by atoms with Crippen LogP contribution < -0.4 is 16.0 Å². The average Bonchev–Trinajstić information content (AvgIpc) is 2.44. The van der Waals surface area contributed by atoms with E-state index < -0.39 is 0 Å². The van der Waals surface area contributed by atoms with Gasteiger partial charge in [-0.2, -0.15) is 0 Å². The van der Waals surface area contributed by atoms with Crippen LogP contribution in [0.25, 0.3) is 0 Å². The van der Waals surface area contributed by atoms with Crippen LogP contribution in [0.5, 0.6) is 0 Å². The zero-order chi connectivity index (χ0) is 15.7. The van der Waals surface area contributed by atoms with Gasteiger partial charge in [0.1, 0.15) is 12.4 Å². The highest BCUT2D eigenvalue weighted by molar-refractivity contribution is 5.94. The molecule has 0 aliphatic heterocycles. The molecule has 0 aliphatic carbocycles. The molecule has 0 spiro atoms. The van der Waals surface area contributed by atoms with Gasteiger partial charge in [-0.3, -0.25) is 4.79 Å². The molecule has 0 aromatic heterocycles. The van der Waals surface area contributed by atoms with E-state index in [0.717, 1.165) is 13.1 Å². The van der Waals surface area contributed by atoms with Crippen LogP contribution in [0.15, 0.2) is 29.3 Å². The molecule has 116 valence electrons. The van der Waals surface area contributed by atoms with Gasteiger partial charge in [-0.25, -0.2) is 9.38 Å². The van der Waals surface area contributed by atoms with Crippen molar-refractivity contribution in [2.45, 2.75) is 20.8 Å². The molecular formula is C15H23FN4O. The summed E-state index contributed by atoms with van der Waals surface area (Å²) in [5, 5.41) is 8.89. The third-order valence-corrected chi connectivity index (χ3v) is 2.53. The van der Waals surface area contributed by atoms with Crippen molar-refractivity contribution in [2.75, 3.05) is 25.0 Å². The second-order valence-electron chi connectivity index (χ2n) is 5.02. The first kappa shape index (κ1) is 16.9. The monoisotopic (exact) mass is 294 g/mol. The SMILES string of the molecule is CCNC(=NCC(=O)Nc1ccc(F)cc1)NCC(C)C. The van der Waals surface area contributed by atoms with Gasteiger partial charge in [-0.15, -0.1) is 0 Å². The average molecular weight is 294 g/mol. The quantitative estimate of drug-likeness (QED) is 0.555. The van der Waals surface area contributed by atoms with E-state index in [1.54, 1.807) is 0 Å². The Morgan fingerprint density at radius 3 is 2.48 bits per heavy atom. The topological polar surface area (TPSA) is 65.5 Å². The maximum atomic E-state index is 12.8. The first-order chi connectivity index (χ1) is 10.0. The lowest BCUT2D eigenvalue weighted by Gasteiger charge is -2.12. The Kier molecular flexibility index (Phi) is 7.21. The van der Waals surface area contributed by atoms with Gasteiger partial charge >= 0.3 is 0 Å².